The molecule has 0 amide bonds. The lowest BCUT2D eigenvalue weighted by atomic mass is 9.99. The standard InChI is InChI=1S/C9H17N3O2S/c1-7-4-3-5-12(9(7)11)15(13,14)8(2)6-10/h7-9H,3-5,11H2,1-2H3. The molecule has 0 radical (unpaired) electrons. The van der Waals surface area contributed by atoms with E-state index in [1.807, 2.05) is 6.92 Å². The highest BCUT2D eigenvalue weighted by molar-refractivity contribution is 7.90. The second kappa shape index (κ2) is 4.47. The third kappa shape index (κ3) is 2.30. The van der Waals surface area contributed by atoms with Gasteiger partial charge in [0, 0.05) is 6.54 Å². The molecule has 1 aliphatic heterocycles. The molecule has 86 valence electrons. The van der Waals surface area contributed by atoms with E-state index in [2.05, 4.69) is 0 Å². The van der Waals surface area contributed by atoms with Crippen LogP contribution < -0.4 is 5.73 Å². The summed E-state index contributed by atoms with van der Waals surface area (Å²) in [5.74, 6) is 0.152. The lowest BCUT2D eigenvalue weighted by Crippen LogP contribution is -2.54. The molecule has 0 aromatic rings. The molecule has 3 unspecified atom stereocenters. The number of rotatable bonds is 2. The average Bonchev–Trinajstić information content (AvgIpc) is 2.20. The van der Waals surface area contributed by atoms with Crippen molar-refractivity contribution >= 4 is 10.0 Å². The van der Waals surface area contributed by atoms with Gasteiger partial charge in [-0.3, -0.25) is 0 Å². The van der Waals surface area contributed by atoms with Crippen LogP contribution in [0.2, 0.25) is 0 Å². The first-order valence-corrected chi connectivity index (χ1v) is 6.57. The van der Waals surface area contributed by atoms with Crippen LogP contribution in [-0.4, -0.2) is 30.7 Å². The number of sulfonamides is 1. The molecule has 1 heterocycles. The lowest BCUT2D eigenvalue weighted by molar-refractivity contribution is 0.191. The van der Waals surface area contributed by atoms with Crippen LogP contribution in [0.1, 0.15) is 26.7 Å². The molecule has 2 N–H and O–H groups in total. The molecule has 0 spiro atoms. The van der Waals surface area contributed by atoms with Crippen molar-refractivity contribution in [1.82, 2.24) is 4.31 Å². The number of nitrogens with zero attached hydrogens (tertiary/aromatic N) is 2. The Morgan fingerprint density at radius 1 is 1.60 bits per heavy atom. The first-order chi connectivity index (χ1) is 6.91. The maximum absolute atomic E-state index is 11.9. The molecule has 6 heteroatoms. The number of hydrogen-bond donors (Lipinski definition) is 1. The molecule has 0 saturated carbocycles. The minimum absolute atomic E-state index is 0.152. The molecule has 15 heavy (non-hydrogen) atoms. The van der Waals surface area contributed by atoms with Crippen molar-refractivity contribution in [2.24, 2.45) is 11.7 Å². The van der Waals surface area contributed by atoms with Crippen LogP contribution >= 0.6 is 0 Å². The molecule has 5 nitrogen and oxygen atoms in total. The van der Waals surface area contributed by atoms with Crippen LogP contribution in [0.5, 0.6) is 0 Å². The lowest BCUT2D eigenvalue weighted by Gasteiger charge is -2.36. The predicted molar refractivity (Wildman–Crippen MR) is 57.1 cm³/mol. The minimum Gasteiger partial charge on any atom is -0.315 e. The predicted octanol–water partition coefficient (Wildman–Crippen LogP) is 0.245. The smallest absolute Gasteiger partial charge is 0.231 e. The zero-order valence-electron chi connectivity index (χ0n) is 9.05. The summed E-state index contributed by atoms with van der Waals surface area (Å²) in [5.41, 5.74) is 5.84. The number of nitriles is 1. The summed E-state index contributed by atoms with van der Waals surface area (Å²) >= 11 is 0. The van der Waals surface area contributed by atoms with Crippen LogP contribution in [0.4, 0.5) is 0 Å². The topological polar surface area (TPSA) is 87.2 Å². The van der Waals surface area contributed by atoms with Gasteiger partial charge < -0.3 is 5.73 Å². The van der Waals surface area contributed by atoms with E-state index in [1.165, 1.54) is 11.2 Å². The third-order valence-electron chi connectivity index (χ3n) is 2.91. The molecule has 1 fully saturated rings. The Morgan fingerprint density at radius 2 is 2.20 bits per heavy atom. The van der Waals surface area contributed by atoms with E-state index in [4.69, 9.17) is 11.0 Å². The van der Waals surface area contributed by atoms with E-state index in [0.717, 1.165) is 12.8 Å². The van der Waals surface area contributed by atoms with Crippen molar-refractivity contribution < 1.29 is 8.42 Å². The van der Waals surface area contributed by atoms with E-state index in [-0.39, 0.29) is 5.92 Å². The maximum Gasteiger partial charge on any atom is 0.231 e. The van der Waals surface area contributed by atoms with Gasteiger partial charge in [-0.25, -0.2) is 8.42 Å². The van der Waals surface area contributed by atoms with Gasteiger partial charge in [-0.2, -0.15) is 9.57 Å². The van der Waals surface area contributed by atoms with Gasteiger partial charge in [-0.05, 0) is 25.7 Å². The molecule has 1 aliphatic rings. The summed E-state index contributed by atoms with van der Waals surface area (Å²) in [5, 5.41) is 7.64. The van der Waals surface area contributed by atoms with E-state index in [9.17, 15) is 8.42 Å². The quantitative estimate of drug-likeness (QED) is 0.737. The molecular formula is C9H17N3O2S. The molecule has 1 saturated heterocycles. The fraction of sp³-hybridized carbons (Fsp3) is 0.889. The monoisotopic (exact) mass is 231 g/mol. The van der Waals surface area contributed by atoms with Crippen LogP contribution in [0.3, 0.4) is 0 Å². The Hall–Kier alpha value is -0.640. The third-order valence-corrected chi connectivity index (χ3v) is 4.99. The Labute approximate surface area is 90.9 Å². The van der Waals surface area contributed by atoms with Gasteiger partial charge >= 0.3 is 0 Å². The summed E-state index contributed by atoms with van der Waals surface area (Å²) in [7, 11) is -3.55. The maximum atomic E-state index is 11.9. The van der Waals surface area contributed by atoms with Gasteiger partial charge in [0.1, 0.15) is 0 Å². The zero-order valence-corrected chi connectivity index (χ0v) is 9.87. The Kier molecular flexibility index (Phi) is 3.71. The van der Waals surface area contributed by atoms with Crippen molar-refractivity contribution in [2.75, 3.05) is 6.54 Å². The fourth-order valence-corrected chi connectivity index (χ4v) is 3.21. The zero-order chi connectivity index (χ0) is 11.6. The Morgan fingerprint density at radius 3 is 2.73 bits per heavy atom. The van der Waals surface area contributed by atoms with E-state index < -0.39 is 21.4 Å². The van der Waals surface area contributed by atoms with Crippen molar-refractivity contribution in [3.05, 3.63) is 0 Å². The number of nitrogens with two attached hydrogens (primary N) is 1. The summed E-state index contributed by atoms with van der Waals surface area (Å²) < 4.78 is 25.1. The summed E-state index contributed by atoms with van der Waals surface area (Å²) in [6, 6.07) is 1.75. The molecule has 0 aromatic carbocycles. The highest BCUT2D eigenvalue weighted by atomic mass is 32.2. The summed E-state index contributed by atoms with van der Waals surface area (Å²) in [6.45, 7) is 3.75. The van der Waals surface area contributed by atoms with Crippen LogP contribution in [0.25, 0.3) is 0 Å². The minimum atomic E-state index is -3.55. The van der Waals surface area contributed by atoms with E-state index in [0.29, 0.717) is 6.54 Å². The number of hydrogen-bond acceptors (Lipinski definition) is 4. The van der Waals surface area contributed by atoms with Crippen LogP contribution in [0, 0.1) is 17.2 Å². The normalized spacial score (nSPS) is 30.8. The van der Waals surface area contributed by atoms with Gasteiger partial charge in [0.25, 0.3) is 0 Å². The van der Waals surface area contributed by atoms with Gasteiger partial charge in [0.15, 0.2) is 5.25 Å². The van der Waals surface area contributed by atoms with Crippen LogP contribution in [0.15, 0.2) is 0 Å². The van der Waals surface area contributed by atoms with E-state index >= 15 is 0 Å². The van der Waals surface area contributed by atoms with Crippen molar-refractivity contribution in [2.45, 2.75) is 38.1 Å². The summed E-state index contributed by atoms with van der Waals surface area (Å²) in [4.78, 5) is 0. The SMILES string of the molecule is CC1CCCN(S(=O)(=O)C(C)C#N)C1N. The largest absolute Gasteiger partial charge is 0.315 e. The second-order valence-corrected chi connectivity index (χ2v) is 6.24. The van der Waals surface area contributed by atoms with Gasteiger partial charge in [0.2, 0.25) is 10.0 Å². The van der Waals surface area contributed by atoms with Gasteiger partial charge in [0.05, 0.1) is 12.2 Å². The van der Waals surface area contributed by atoms with Gasteiger partial charge in [-0.1, -0.05) is 6.92 Å². The highest BCUT2D eigenvalue weighted by Gasteiger charge is 2.37. The first kappa shape index (κ1) is 12.4. The molecule has 0 aromatic heterocycles. The molecule has 0 bridgehead atoms. The molecular weight excluding hydrogens is 214 g/mol. The number of piperidine rings is 1. The molecule has 1 rings (SSSR count). The van der Waals surface area contributed by atoms with Gasteiger partial charge in [-0.15, -0.1) is 0 Å². The Balaban J connectivity index is 2.93. The Bertz CT molecular complexity index is 360. The second-order valence-electron chi connectivity index (χ2n) is 4.04. The van der Waals surface area contributed by atoms with Crippen molar-refractivity contribution in [3.8, 4) is 6.07 Å². The van der Waals surface area contributed by atoms with Crippen molar-refractivity contribution in [1.29, 1.82) is 5.26 Å². The first-order valence-electron chi connectivity index (χ1n) is 5.07. The van der Waals surface area contributed by atoms with E-state index in [1.54, 1.807) is 6.07 Å². The molecule has 0 aliphatic carbocycles. The summed E-state index contributed by atoms with van der Waals surface area (Å²) in [6.07, 6.45) is 1.26. The van der Waals surface area contributed by atoms with Crippen LogP contribution in [-0.2, 0) is 10.0 Å². The van der Waals surface area contributed by atoms with Crippen molar-refractivity contribution in [3.63, 3.8) is 0 Å². The highest BCUT2D eigenvalue weighted by Crippen LogP contribution is 2.24. The molecule has 3 atom stereocenters. The fourth-order valence-electron chi connectivity index (χ4n) is 1.74. The average molecular weight is 231 g/mol.